The Balaban J connectivity index is 2.25. The third-order valence-electron chi connectivity index (χ3n) is 2.97. The van der Waals surface area contributed by atoms with E-state index in [-0.39, 0.29) is 18.9 Å². The van der Waals surface area contributed by atoms with Crippen LogP contribution in [0.2, 0.25) is 0 Å². The number of hydrogen-bond acceptors (Lipinski definition) is 4. The molecule has 18 heavy (non-hydrogen) atoms. The lowest BCUT2D eigenvalue weighted by atomic mass is 10.1. The molecule has 0 radical (unpaired) electrons. The third kappa shape index (κ3) is 2.33. The number of pyridine rings is 1. The van der Waals surface area contributed by atoms with Crippen LogP contribution in [-0.2, 0) is 4.79 Å². The molecule has 0 bridgehead atoms. The van der Waals surface area contributed by atoms with E-state index in [1.54, 1.807) is 19.1 Å². The number of likely N-dealkylation sites (tertiary alicyclic amines) is 1. The zero-order valence-electron chi connectivity index (χ0n) is 9.91. The van der Waals surface area contributed by atoms with E-state index in [0.29, 0.717) is 11.3 Å². The van der Waals surface area contributed by atoms with Crippen molar-refractivity contribution in [1.29, 1.82) is 0 Å². The SMILES string of the molecule is Cc1cc(C(=O)N2C[C@@H](O)C[C@H]2C(=O)O)ccn1. The van der Waals surface area contributed by atoms with Crippen molar-refractivity contribution in [2.45, 2.75) is 25.5 Å². The standard InChI is InChI=1S/C12H14N2O4/c1-7-4-8(2-3-13-7)11(16)14-6-9(15)5-10(14)12(17)18/h2-4,9-10,15H,5-6H2,1H3,(H,17,18)/t9-,10-/m0/s1. The minimum absolute atomic E-state index is 0.0527. The summed E-state index contributed by atoms with van der Waals surface area (Å²) < 4.78 is 0. The summed E-state index contributed by atoms with van der Waals surface area (Å²) in [5.41, 5.74) is 1.08. The van der Waals surface area contributed by atoms with Crippen LogP contribution >= 0.6 is 0 Å². The van der Waals surface area contributed by atoms with Crippen LogP contribution in [0.3, 0.4) is 0 Å². The second kappa shape index (κ2) is 4.73. The van der Waals surface area contributed by atoms with E-state index in [1.807, 2.05) is 0 Å². The van der Waals surface area contributed by atoms with Gasteiger partial charge in [0.15, 0.2) is 0 Å². The summed E-state index contributed by atoms with van der Waals surface area (Å²) in [6, 6.07) is 2.19. The summed E-state index contributed by atoms with van der Waals surface area (Å²) in [7, 11) is 0. The Kier molecular flexibility index (Phi) is 3.29. The molecule has 1 saturated heterocycles. The van der Waals surface area contributed by atoms with Gasteiger partial charge in [-0.3, -0.25) is 9.78 Å². The van der Waals surface area contributed by atoms with Gasteiger partial charge in [-0.05, 0) is 19.1 Å². The van der Waals surface area contributed by atoms with Crippen molar-refractivity contribution in [2.24, 2.45) is 0 Å². The van der Waals surface area contributed by atoms with Crippen LogP contribution in [0.5, 0.6) is 0 Å². The molecule has 1 fully saturated rings. The zero-order valence-corrected chi connectivity index (χ0v) is 9.91. The van der Waals surface area contributed by atoms with Gasteiger partial charge >= 0.3 is 5.97 Å². The highest BCUT2D eigenvalue weighted by Gasteiger charge is 2.39. The molecule has 0 saturated carbocycles. The van der Waals surface area contributed by atoms with Crippen LogP contribution in [0.25, 0.3) is 0 Å². The Morgan fingerprint density at radius 1 is 1.50 bits per heavy atom. The summed E-state index contributed by atoms with van der Waals surface area (Å²) in [5, 5.41) is 18.5. The highest BCUT2D eigenvalue weighted by Crippen LogP contribution is 2.21. The van der Waals surface area contributed by atoms with Crippen molar-refractivity contribution < 1.29 is 19.8 Å². The second-order valence-corrected chi connectivity index (χ2v) is 4.39. The number of aliphatic hydroxyl groups is 1. The van der Waals surface area contributed by atoms with Crippen molar-refractivity contribution >= 4 is 11.9 Å². The Morgan fingerprint density at radius 3 is 2.83 bits per heavy atom. The maximum absolute atomic E-state index is 12.2. The van der Waals surface area contributed by atoms with E-state index in [9.17, 15) is 14.7 Å². The smallest absolute Gasteiger partial charge is 0.326 e. The second-order valence-electron chi connectivity index (χ2n) is 4.39. The van der Waals surface area contributed by atoms with E-state index in [2.05, 4.69) is 4.98 Å². The Morgan fingerprint density at radius 2 is 2.22 bits per heavy atom. The molecule has 1 amide bonds. The normalized spacial score (nSPS) is 23.1. The van der Waals surface area contributed by atoms with Crippen molar-refractivity contribution in [3.05, 3.63) is 29.6 Å². The average molecular weight is 250 g/mol. The fourth-order valence-corrected chi connectivity index (χ4v) is 2.12. The minimum atomic E-state index is -1.09. The molecule has 0 aliphatic carbocycles. The number of β-amino-alcohol motifs (C(OH)–C–C–N with tert-alkyl or cyclic N) is 1. The van der Waals surface area contributed by atoms with Gasteiger partial charge in [-0.2, -0.15) is 0 Å². The minimum Gasteiger partial charge on any atom is -0.480 e. The monoisotopic (exact) mass is 250 g/mol. The van der Waals surface area contributed by atoms with E-state index in [4.69, 9.17) is 5.11 Å². The molecule has 1 aromatic rings. The quantitative estimate of drug-likeness (QED) is 0.774. The highest BCUT2D eigenvalue weighted by atomic mass is 16.4. The van der Waals surface area contributed by atoms with Gasteiger partial charge in [0.25, 0.3) is 5.91 Å². The number of rotatable bonds is 2. The van der Waals surface area contributed by atoms with Crippen molar-refractivity contribution in [3.63, 3.8) is 0 Å². The van der Waals surface area contributed by atoms with Gasteiger partial charge in [0.05, 0.1) is 6.10 Å². The molecule has 0 spiro atoms. The summed E-state index contributed by atoms with van der Waals surface area (Å²) in [6.45, 7) is 1.81. The number of nitrogens with zero attached hydrogens (tertiary/aromatic N) is 2. The van der Waals surface area contributed by atoms with Crippen LogP contribution in [-0.4, -0.2) is 50.7 Å². The van der Waals surface area contributed by atoms with Crippen LogP contribution in [0.15, 0.2) is 18.3 Å². The fraction of sp³-hybridized carbons (Fsp3) is 0.417. The van der Waals surface area contributed by atoms with Gasteiger partial charge in [-0.15, -0.1) is 0 Å². The van der Waals surface area contributed by atoms with E-state index in [1.165, 1.54) is 11.1 Å². The first-order chi connectivity index (χ1) is 8.49. The summed E-state index contributed by atoms with van der Waals surface area (Å²) in [4.78, 5) is 28.4. The van der Waals surface area contributed by atoms with Crippen molar-refractivity contribution in [1.82, 2.24) is 9.88 Å². The molecular formula is C12H14N2O4. The first-order valence-electron chi connectivity index (χ1n) is 5.63. The zero-order chi connectivity index (χ0) is 13.3. The Bertz CT molecular complexity index is 489. The predicted octanol–water partition coefficient (Wildman–Crippen LogP) is 0.0500. The first kappa shape index (κ1) is 12.5. The van der Waals surface area contributed by atoms with E-state index in [0.717, 1.165) is 0 Å². The molecule has 6 heteroatoms. The molecule has 96 valence electrons. The number of carbonyl (C=O) groups is 2. The Hall–Kier alpha value is -1.95. The van der Waals surface area contributed by atoms with Crippen LogP contribution in [0, 0.1) is 6.92 Å². The maximum Gasteiger partial charge on any atom is 0.326 e. The molecule has 2 rings (SSSR count). The number of aryl methyl sites for hydroxylation is 1. The molecular weight excluding hydrogens is 236 g/mol. The molecule has 1 aliphatic rings. The van der Waals surface area contributed by atoms with E-state index >= 15 is 0 Å². The van der Waals surface area contributed by atoms with Crippen LogP contribution in [0.1, 0.15) is 22.5 Å². The fourth-order valence-electron chi connectivity index (χ4n) is 2.12. The maximum atomic E-state index is 12.2. The van der Waals surface area contributed by atoms with Gasteiger partial charge in [0.2, 0.25) is 0 Å². The topological polar surface area (TPSA) is 90.7 Å². The number of carbonyl (C=O) groups excluding carboxylic acids is 1. The lowest BCUT2D eigenvalue weighted by molar-refractivity contribution is -0.141. The number of hydrogen-bond donors (Lipinski definition) is 2. The molecule has 0 aromatic carbocycles. The summed E-state index contributed by atoms with van der Waals surface area (Å²) in [6.07, 6.45) is 0.800. The largest absolute Gasteiger partial charge is 0.480 e. The van der Waals surface area contributed by atoms with Gasteiger partial charge in [-0.1, -0.05) is 0 Å². The number of aromatic nitrogens is 1. The highest BCUT2D eigenvalue weighted by molar-refractivity contribution is 5.97. The molecule has 1 aromatic heterocycles. The number of aliphatic carboxylic acids is 1. The van der Waals surface area contributed by atoms with Crippen LogP contribution < -0.4 is 0 Å². The van der Waals surface area contributed by atoms with Gasteiger partial charge in [0.1, 0.15) is 6.04 Å². The predicted molar refractivity (Wildman–Crippen MR) is 62.1 cm³/mol. The van der Waals surface area contributed by atoms with Crippen molar-refractivity contribution in [2.75, 3.05) is 6.54 Å². The number of carboxylic acids is 1. The average Bonchev–Trinajstić information content (AvgIpc) is 2.70. The Labute approximate surface area is 104 Å². The van der Waals surface area contributed by atoms with Crippen LogP contribution in [0.4, 0.5) is 0 Å². The lowest BCUT2D eigenvalue weighted by Gasteiger charge is -2.21. The molecule has 2 atom stereocenters. The van der Waals surface area contributed by atoms with Gasteiger partial charge in [-0.25, -0.2) is 4.79 Å². The van der Waals surface area contributed by atoms with Gasteiger partial charge in [0, 0.05) is 30.4 Å². The third-order valence-corrected chi connectivity index (χ3v) is 2.97. The van der Waals surface area contributed by atoms with E-state index < -0.39 is 18.1 Å². The molecule has 2 N–H and O–H groups in total. The molecule has 6 nitrogen and oxygen atoms in total. The van der Waals surface area contributed by atoms with Gasteiger partial charge < -0.3 is 15.1 Å². The summed E-state index contributed by atoms with van der Waals surface area (Å²) >= 11 is 0. The van der Waals surface area contributed by atoms with Crippen molar-refractivity contribution in [3.8, 4) is 0 Å². The molecule has 0 unspecified atom stereocenters. The number of aliphatic hydroxyl groups excluding tert-OH is 1. The lowest BCUT2D eigenvalue weighted by Crippen LogP contribution is -2.40. The first-order valence-corrected chi connectivity index (χ1v) is 5.63. The summed E-state index contributed by atoms with van der Waals surface area (Å²) in [5.74, 6) is -1.48. The molecule has 2 heterocycles. The number of amides is 1. The number of carboxylic acid groups (broad SMARTS) is 1. The molecule has 1 aliphatic heterocycles.